The molecule has 1 amide bonds. The normalized spacial score (nSPS) is 13.6. The standard InChI is InChI=1S/C29H31N3O2/c33-23-13-14-27-26(18-23)25-15-17-32(20-28(25)31-27)19-22-11-4-5-12-24(22)29(34)30-16-7-6-10-21-8-2-1-3-9-21/h1-5,8-9,11-14,18,31,33H,6-7,10,15-17,19-20H2,(H,30,34). The van der Waals surface area contributed by atoms with Gasteiger partial charge in [-0.25, -0.2) is 0 Å². The number of carbonyl (C=O) groups is 1. The average molecular weight is 454 g/mol. The number of benzene rings is 3. The molecule has 0 saturated heterocycles. The van der Waals surface area contributed by atoms with E-state index in [9.17, 15) is 9.90 Å². The number of unbranched alkanes of at least 4 members (excludes halogenated alkanes) is 1. The van der Waals surface area contributed by atoms with Gasteiger partial charge in [0.05, 0.1) is 0 Å². The van der Waals surface area contributed by atoms with Crippen molar-refractivity contribution >= 4 is 16.8 Å². The molecule has 1 aromatic heterocycles. The summed E-state index contributed by atoms with van der Waals surface area (Å²) < 4.78 is 0. The molecule has 0 atom stereocenters. The number of aromatic amines is 1. The first-order valence-corrected chi connectivity index (χ1v) is 12.1. The zero-order valence-electron chi connectivity index (χ0n) is 19.4. The Morgan fingerprint density at radius 3 is 2.71 bits per heavy atom. The van der Waals surface area contributed by atoms with Crippen molar-refractivity contribution < 1.29 is 9.90 Å². The molecule has 1 aliphatic heterocycles. The van der Waals surface area contributed by atoms with Crippen molar-refractivity contribution in [1.82, 2.24) is 15.2 Å². The van der Waals surface area contributed by atoms with E-state index in [-0.39, 0.29) is 5.91 Å². The van der Waals surface area contributed by atoms with Gasteiger partial charge < -0.3 is 15.4 Å². The fourth-order valence-corrected chi connectivity index (χ4v) is 4.94. The van der Waals surface area contributed by atoms with Gasteiger partial charge in [-0.1, -0.05) is 48.5 Å². The van der Waals surface area contributed by atoms with Crippen molar-refractivity contribution in [2.45, 2.75) is 38.8 Å². The van der Waals surface area contributed by atoms with Crippen LogP contribution in [0.3, 0.4) is 0 Å². The second-order valence-corrected chi connectivity index (χ2v) is 9.13. The van der Waals surface area contributed by atoms with Gasteiger partial charge in [-0.15, -0.1) is 0 Å². The maximum Gasteiger partial charge on any atom is 0.251 e. The Bertz CT molecular complexity index is 1280. The molecule has 0 saturated carbocycles. The second kappa shape index (κ2) is 10.1. The number of hydrogen-bond donors (Lipinski definition) is 3. The third-order valence-electron chi connectivity index (χ3n) is 6.71. The highest BCUT2D eigenvalue weighted by Gasteiger charge is 2.22. The molecule has 4 aromatic rings. The highest BCUT2D eigenvalue weighted by atomic mass is 16.3. The number of nitrogens with zero attached hydrogens (tertiary/aromatic N) is 1. The van der Waals surface area contributed by atoms with Crippen LogP contribution in [0.1, 0.15) is 45.6 Å². The lowest BCUT2D eigenvalue weighted by Gasteiger charge is -2.27. The van der Waals surface area contributed by atoms with E-state index in [1.807, 2.05) is 36.4 Å². The van der Waals surface area contributed by atoms with Gasteiger partial charge in [0, 0.05) is 48.3 Å². The Labute approximate surface area is 200 Å². The van der Waals surface area contributed by atoms with Gasteiger partial charge in [0.25, 0.3) is 5.91 Å². The summed E-state index contributed by atoms with van der Waals surface area (Å²) in [6, 6.07) is 23.9. The molecule has 0 radical (unpaired) electrons. The zero-order valence-corrected chi connectivity index (χ0v) is 19.4. The number of aryl methyl sites for hydroxylation is 1. The number of phenolic OH excluding ortho intramolecular Hbond substituents is 1. The Morgan fingerprint density at radius 2 is 1.82 bits per heavy atom. The Kier molecular flexibility index (Phi) is 6.63. The minimum atomic E-state index is 0.00842. The zero-order chi connectivity index (χ0) is 23.3. The molecule has 0 aliphatic carbocycles. The first-order chi connectivity index (χ1) is 16.7. The SMILES string of the molecule is O=C(NCCCCc1ccccc1)c1ccccc1CN1CCc2c([nH]c3ccc(O)cc23)C1. The van der Waals surface area contributed by atoms with Crippen molar-refractivity contribution in [2.24, 2.45) is 0 Å². The lowest BCUT2D eigenvalue weighted by molar-refractivity contribution is 0.0950. The number of aromatic nitrogens is 1. The molecule has 3 N–H and O–H groups in total. The fourth-order valence-electron chi connectivity index (χ4n) is 4.94. The summed E-state index contributed by atoms with van der Waals surface area (Å²) in [5.41, 5.74) is 6.72. The van der Waals surface area contributed by atoms with Gasteiger partial charge in [-0.05, 0) is 66.6 Å². The summed E-state index contributed by atoms with van der Waals surface area (Å²) in [4.78, 5) is 18.8. The second-order valence-electron chi connectivity index (χ2n) is 9.13. The topological polar surface area (TPSA) is 68.4 Å². The van der Waals surface area contributed by atoms with E-state index in [0.717, 1.165) is 67.3 Å². The van der Waals surface area contributed by atoms with E-state index in [0.29, 0.717) is 12.3 Å². The van der Waals surface area contributed by atoms with Gasteiger partial charge in [-0.2, -0.15) is 0 Å². The monoisotopic (exact) mass is 453 g/mol. The predicted molar refractivity (Wildman–Crippen MR) is 136 cm³/mol. The molecule has 0 spiro atoms. The van der Waals surface area contributed by atoms with Crippen LogP contribution in [0, 0.1) is 0 Å². The Balaban J connectivity index is 1.18. The molecular formula is C29H31N3O2. The summed E-state index contributed by atoms with van der Waals surface area (Å²) >= 11 is 0. The number of aromatic hydroxyl groups is 1. The van der Waals surface area contributed by atoms with E-state index >= 15 is 0 Å². The van der Waals surface area contributed by atoms with Gasteiger partial charge in [0.1, 0.15) is 5.75 Å². The molecule has 0 bridgehead atoms. The number of H-pyrrole nitrogens is 1. The highest BCUT2D eigenvalue weighted by Crippen LogP contribution is 2.30. The van der Waals surface area contributed by atoms with E-state index < -0.39 is 0 Å². The Hall–Kier alpha value is -3.57. The molecule has 5 rings (SSSR count). The molecule has 174 valence electrons. The molecule has 2 heterocycles. The van der Waals surface area contributed by atoms with Crippen LogP contribution < -0.4 is 5.32 Å². The summed E-state index contributed by atoms with van der Waals surface area (Å²) in [6.07, 6.45) is 3.99. The molecule has 1 aliphatic rings. The van der Waals surface area contributed by atoms with E-state index in [2.05, 4.69) is 45.5 Å². The summed E-state index contributed by atoms with van der Waals surface area (Å²) in [7, 11) is 0. The largest absolute Gasteiger partial charge is 0.508 e. The maximum atomic E-state index is 12.9. The summed E-state index contributed by atoms with van der Waals surface area (Å²) in [5, 5.41) is 14.1. The van der Waals surface area contributed by atoms with Crippen LogP contribution >= 0.6 is 0 Å². The molecule has 5 nitrogen and oxygen atoms in total. The van der Waals surface area contributed by atoms with Crippen molar-refractivity contribution in [3.8, 4) is 5.75 Å². The number of rotatable bonds is 8. The van der Waals surface area contributed by atoms with Crippen LogP contribution in [0.25, 0.3) is 10.9 Å². The molecule has 34 heavy (non-hydrogen) atoms. The minimum Gasteiger partial charge on any atom is -0.508 e. The molecule has 5 heteroatoms. The van der Waals surface area contributed by atoms with Crippen LogP contribution in [0.15, 0.2) is 72.8 Å². The van der Waals surface area contributed by atoms with Crippen LogP contribution in [-0.2, 0) is 25.9 Å². The number of nitrogens with one attached hydrogen (secondary N) is 2. The predicted octanol–water partition coefficient (Wildman–Crippen LogP) is 5.18. The lowest BCUT2D eigenvalue weighted by Crippen LogP contribution is -2.31. The first kappa shape index (κ1) is 22.2. The molecule has 3 aromatic carbocycles. The highest BCUT2D eigenvalue weighted by molar-refractivity contribution is 5.95. The third kappa shape index (κ3) is 5.00. The van der Waals surface area contributed by atoms with Gasteiger partial charge in [0.2, 0.25) is 0 Å². The van der Waals surface area contributed by atoms with Crippen molar-refractivity contribution in [3.05, 3.63) is 101 Å². The van der Waals surface area contributed by atoms with Gasteiger partial charge >= 0.3 is 0 Å². The number of phenols is 1. The summed E-state index contributed by atoms with van der Waals surface area (Å²) in [5.74, 6) is 0.311. The molecular weight excluding hydrogens is 422 g/mol. The Morgan fingerprint density at radius 1 is 1.00 bits per heavy atom. The van der Waals surface area contributed by atoms with Gasteiger partial charge in [0.15, 0.2) is 0 Å². The first-order valence-electron chi connectivity index (χ1n) is 12.1. The van der Waals surface area contributed by atoms with Crippen LogP contribution in [0.4, 0.5) is 0 Å². The minimum absolute atomic E-state index is 0.00842. The van der Waals surface area contributed by atoms with E-state index in [4.69, 9.17) is 0 Å². The average Bonchev–Trinajstić information content (AvgIpc) is 3.21. The summed E-state index contributed by atoms with van der Waals surface area (Å²) in [6.45, 7) is 3.15. The molecule has 0 fully saturated rings. The number of amides is 1. The van der Waals surface area contributed by atoms with Crippen molar-refractivity contribution in [2.75, 3.05) is 13.1 Å². The van der Waals surface area contributed by atoms with Gasteiger partial charge in [-0.3, -0.25) is 9.69 Å². The van der Waals surface area contributed by atoms with Crippen LogP contribution in [0.5, 0.6) is 5.75 Å². The van der Waals surface area contributed by atoms with Crippen molar-refractivity contribution in [3.63, 3.8) is 0 Å². The third-order valence-corrected chi connectivity index (χ3v) is 6.71. The number of hydrogen-bond acceptors (Lipinski definition) is 3. The van der Waals surface area contributed by atoms with E-state index in [1.54, 1.807) is 6.07 Å². The number of carbonyl (C=O) groups excluding carboxylic acids is 1. The molecule has 0 unspecified atom stereocenters. The quantitative estimate of drug-likeness (QED) is 0.322. The fraction of sp³-hybridized carbons (Fsp3) is 0.276. The van der Waals surface area contributed by atoms with Crippen LogP contribution in [-0.4, -0.2) is 34.0 Å². The van der Waals surface area contributed by atoms with E-state index in [1.165, 1.54) is 16.8 Å². The smallest absolute Gasteiger partial charge is 0.251 e. The number of fused-ring (bicyclic) bond motifs is 3. The maximum absolute atomic E-state index is 12.9. The van der Waals surface area contributed by atoms with Crippen LogP contribution in [0.2, 0.25) is 0 Å². The van der Waals surface area contributed by atoms with Crippen molar-refractivity contribution in [1.29, 1.82) is 0 Å². The lowest BCUT2D eigenvalue weighted by atomic mass is 10.0.